The van der Waals surface area contributed by atoms with Crippen LogP contribution in [0.25, 0.3) is 5.69 Å². The van der Waals surface area contributed by atoms with Crippen molar-refractivity contribution in [3.63, 3.8) is 0 Å². The van der Waals surface area contributed by atoms with Crippen LogP contribution < -0.4 is 19.7 Å². The average molecular weight is 690 g/mol. The summed E-state index contributed by atoms with van der Waals surface area (Å²) in [6, 6.07) is 11.5. The van der Waals surface area contributed by atoms with E-state index in [1.165, 1.54) is 0 Å². The molecule has 8 nitrogen and oxygen atoms in total. The van der Waals surface area contributed by atoms with Crippen molar-refractivity contribution in [3.05, 3.63) is 63.7 Å². The van der Waals surface area contributed by atoms with Gasteiger partial charge in [0, 0.05) is 38.8 Å². The Morgan fingerprint density at radius 2 is 1.63 bits per heavy atom. The third kappa shape index (κ3) is 8.41. The van der Waals surface area contributed by atoms with Crippen LogP contribution in [0.1, 0.15) is 28.4 Å². The highest BCUT2D eigenvalue weighted by atomic mass is 35.5. The first-order valence-corrected chi connectivity index (χ1v) is 13.3. The highest BCUT2D eigenvalue weighted by Crippen LogP contribution is 2.34. The van der Waals surface area contributed by atoms with E-state index in [0.29, 0.717) is 41.2 Å². The number of carbonyl (C=O) groups excluding carboxylic acids is 1. The fraction of sp³-hybridized carbons (Fsp3) is 0.407. The number of ether oxygens (including phenoxy) is 2. The molecular formula is C27H35Cl6N5O3. The number of aromatic nitrogens is 2. The molecule has 1 amide bonds. The van der Waals surface area contributed by atoms with Gasteiger partial charge in [-0.1, -0.05) is 29.3 Å². The number of rotatable bonds is 7. The van der Waals surface area contributed by atoms with Gasteiger partial charge in [-0.05, 0) is 51.1 Å². The number of piperazine rings is 1. The van der Waals surface area contributed by atoms with Gasteiger partial charge >= 0.3 is 0 Å². The summed E-state index contributed by atoms with van der Waals surface area (Å²) in [5, 5.41) is 4.24. The molecule has 0 saturated carbocycles. The first-order chi connectivity index (χ1) is 17.9. The zero-order valence-corrected chi connectivity index (χ0v) is 27.5. The van der Waals surface area contributed by atoms with Gasteiger partial charge in [-0.15, -0.1) is 49.6 Å². The molecule has 0 radical (unpaired) electrons. The summed E-state index contributed by atoms with van der Waals surface area (Å²) in [7, 11) is 0. The van der Waals surface area contributed by atoms with E-state index in [-0.39, 0.29) is 55.5 Å². The molecule has 1 fully saturated rings. The minimum Gasteiger partial charge on any atom is -0.486 e. The Morgan fingerprint density at radius 3 is 2.34 bits per heavy atom. The van der Waals surface area contributed by atoms with Crippen molar-refractivity contribution < 1.29 is 14.3 Å². The molecule has 5 rings (SSSR count). The van der Waals surface area contributed by atoms with E-state index in [9.17, 15) is 4.79 Å². The number of imidazole rings is 1. The van der Waals surface area contributed by atoms with Crippen LogP contribution >= 0.6 is 72.8 Å². The molecule has 2 aliphatic heterocycles. The number of hydrogen-bond acceptors (Lipinski definition) is 6. The van der Waals surface area contributed by atoms with E-state index < -0.39 is 0 Å². The van der Waals surface area contributed by atoms with Gasteiger partial charge in [-0.2, -0.15) is 0 Å². The summed E-state index contributed by atoms with van der Waals surface area (Å²) in [6.07, 6.45) is 0.866. The summed E-state index contributed by atoms with van der Waals surface area (Å²) in [4.78, 5) is 22.2. The molecule has 1 N–H and O–H groups in total. The molecule has 0 bridgehead atoms. The van der Waals surface area contributed by atoms with Gasteiger partial charge in [0.1, 0.15) is 24.7 Å². The third-order valence-corrected chi connectivity index (χ3v) is 7.66. The summed E-state index contributed by atoms with van der Waals surface area (Å²) >= 11 is 12.6. The molecular weight excluding hydrogens is 655 g/mol. The lowest BCUT2D eigenvalue weighted by molar-refractivity contribution is 0.0946. The van der Waals surface area contributed by atoms with Crippen molar-refractivity contribution in [2.24, 2.45) is 0 Å². The quantitative estimate of drug-likeness (QED) is 0.298. The Kier molecular flexibility index (Phi) is 15.2. The second kappa shape index (κ2) is 16.8. The average Bonchev–Trinajstić information content (AvgIpc) is 3.22. The highest BCUT2D eigenvalue weighted by Gasteiger charge is 2.22. The fourth-order valence-corrected chi connectivity index (χ4v) is 5.36. The monoisotopic (exact) mass is 687 g/mol. The van der Waals surface area contributed by atoms with E-state index in [1.807, 2.05) is 54.8 Å². The topological polar surface area (TPSA) is 71.9 Å². The van der Waals surface area contributed by atoms with Gasteiger partial charge in [0.05, 0.1) is 27.1 Å². The maximum Gasteiger partial charge on any atom is 0.271 e. The van der Waals surface area contributed by atoms with E-state index in [4.69, 9.17) is 32.7 Å². The van der Waals surface area contributed by atoms with Gasteiger partial charge in [0.25, 0.3) is 5.91 Å². The Labute approximate surface area is 275 Å². The van der Waals surface area contributed by atoms with Crippen LogP contribution in [0.3, 0.4) is 0 Å². The van der Waals surface area contributed by atoms with Crippen LogP contribution in [0.15, 0.2) is 36.4 Å². The van der Waals surface area contributed by atoms with Crippen molar-refractivity contribution in [1.29, 1.82) is 0 Å². The Morgan fingerprint density at radius 1 is 0.951 bits per heavy atom. The van der Waals surface area contributed by atoms with Gasteiger partial charge in [0.2, 0.25) is 0 Å². The maximum absolute atomic E-state index is 12.9. The maximum atomic E-state index is 12.9. The summed E-state index contributed by atoms with van der Waals surface area (Å²) in [5.74, 6) is 2.03. The number of aryl methyl sites for hydroxylation is 1. The SMILES string of the molecule is Cc1nc(C(=O)NCCCN2CCN(c3cccc(Cl)c3Cl)CC2)c(C)n1-c1ccc2c(c1)OCCO2.Cl.Cl.Cl.Cl. The first kappa shape index (κ1) is 37.2. The zero-order valence-electron chi connectivity index (χ0n) is 22.7. The number of halogens is 6. The second-order valence-electron chi connectivity index (χ2n) is 9.27. The lowest BCUT2D eigenvalue weighted by Crippen LogP contribution is -2.47. The lowest BCUT2D eigenvalue weighted by Gasteiger charge is -2.36. The van der Waals surface area contributed by atoms with Crippen LogP contribution in [0.4, 0.5) is 5.69 Å². The predicted molar refractivity (Wildman–Crippen MR) is 175 cm³/mol. The molecule has 2 aromatic carbocycles. The molecule has 0 unspecified atom stereocenters. The minimum absolute atomic E-state index is 0. The van der Waals surface area contributed by atoms with Crippen molar-refractivity contribution in [1.82, 2.24) is 19.8 Å². The number of carbonyl (C=O) groups is 1. The highest BCUT2D eigenvalue weighted by molar-refractivity contribution is 6.43. The van der Waals surface area contributed by atoms with Gasteiger partial charge in [-0.3, -0.25) is 9.69 Å². The third-order valence-electron chi connectivity index (χ3n) is 6.86. The summed E-state index contributed by atoms with van der Waals surface area (Å²) in [6.45, 7) is 10.1. The molecule has 3 heterocycles. The number of benzene rings is 2. The van der Waals surface area contributed by atoms with Crippen molar-refractivity contribution >= 4 is 84.4 Å². The second-order valence-corrected chi connectivity index (χ2v) is 10.1. The normalized spacial score (nSPS) is 14.1. The zero-order chi connectivity index (χ0) is 25.9. The Bertz CT molecular complexity index is 1300. The number of nitrogens with zero attached hydrogens (tertiary/aromatic N) is 4. The number of hydrogen-bond donors (Lipinski definition) is 1. The number of fused-ring (bicyclic) bond motifs is 1. The van der Waals surface area contributed by atoms with Gasteiger partial charge in [0.15, 0.2) is 11.5 Å². The summed E-state index contributed by atoms with van der Waals surface area (Å²) in [5.41, 5.74) is 3.12. The molecule has 228 valence electrons. The molecule has 0 aliphatic carbocycles. The smallest absolute Gasteiger partial charge is 0.271 e. The molecule has 0 spiro atoms. The van der Waals surface area contributed by atoms with Gasteiger partial charge in [-0.25, -0.2) is 4.98 Å². The lowest BCUT2D eigenvalue weighted by atomic mass is 10.2. The fourth-order valence-electron chi connectivity index (χ4n) is 4.95. The number of anilines is 1. The molecule has 0 atom stereocenters. The number of nitrogens with one attached hydrogen (secondary N) is 1. The molecule has 2 aliphatic rings. The molecule has 41 heavy (non-hydrogen) atoms. The van der Waals surface area contributed by atoms with Crippen molar-refractivity contribution in [2.45, 2.75) is 20.3 Å². The van der Waals surface area contributed by atoms with Crippen LogP contribution in [-0.2, 0) is 0 Å². The summed E-state index contributed by atoms with van der Waals surface area (Å²) < 4.78 is 13.3. The van der Waals surface area contributed by atoms with E-state index in [0.717, 1.165) is 67.8 Å². The molecule has 1 aromatic heterocycles. The van der Waals surface area contributed by atoms with E-state index in [1.54, 1.807) is 0 Å². The first-order valence-electron chi connectivity index (χ1n) is 12.6. The van der Waals surface area contributed by atoms with Crippen LogP contribution in [-0.4, -0.2) is 72.8 Å². The largest absolute Gasteiger partial charge is 0.486 e. The molecule has 14 heteroatoms. The predicted octanol–water partition coefficient (Wildman–Crippen LogP) is 6.20. The molecule has 3 aromatic rings. The van der Waals surface area contributed by atoms with Crippen LogP contribution in [0.5, 0.6) is 11.5 Å². The van der Waals surface area contributed by atoms with E-state index in [2.05, 4.69) is 20.1 Å². The Hall–Kier alpha value is -1.78. The van der Waals surface area contributed by atoms with Crippen LogP contribution in [0, 0.1) is 13.8 Å². The van der Waals surface area contributed by atoms with Crippen molar-refractivity contribution in [3.8, 4) is 17.2 Å². The van der Waals surface area contributed by atoms with Crippen molar-refractivity contribution in [2.75, 3.05) is 57.4 Å². The minimum atomic E-state index is -0.155. The Balaban J connectivity index is 0.00000210. The molecule has 1 saturated heterocycles. The number of amides is 1. The standard InChI is InChI=1S/C27H31Cl2N5O3.4ClH/c1-18-26(31-19(2)34(18)20-7-8-23-24(17-20)37-16-15-36-23)27(35)30-9-4-10-32-11-13-33(14-12-32)22-6-3-5-21(28)25(22)29;;;;/h3,5-8,17H,4,9-16H2,1-2H3,(H,30,35);4*1H. The van der Waals surface area contributed by atoms with E-state index >= 15 is 0 Å². The van der Waals surface area contributed by atoms with Gasteiger partial charge < -0.3 is 24.3 Å². The van der Waals surface area contributed by atoms with Crippen LogP contribution in [0.2, 0.25) is 10.0 Å².